The molecule has 6 heteroatoms. The number of carboxylic acid groups (broad SMARTS) is 1. The summed E-state index contributed by atoms with van der Waals surface area (Å²) in [6.45, 7) is 1.56. The molecule has 0 aromatic heterocycles. The normalized spacial score (nSPS) is 37.7. The Kier molecular flexibility index (Phi) is 2.19. The number of rotatable bonds is 2. The van der Waals surface area contributed by atoms with Crippen LogP contribution in [-0.2, 0) is 9.59 Å². The van der Waals surface area contributed by atoms with Crippen LogP contribution in [0.2, 0.25) is 0 Å². The van der Waals surface area contributed by atoms with Gasteiger partial charge in [-0.2, -0.15) is 0 Å². The molecule has 0 bridgehead atoms. The molecule has 2 rings (SSSR count). The minimum atomic E-state index is -0.961. The van der Waals surface area contributed by atoms with E-state index in [0.29, 0.717) is 5.75 Å². The van der Waals surface area contributed by atoms with E-state index in [1.54, 1.807) is 6.92 Å². The van der Waals surface area contributed by atoms with Crippen molar-refractivity contribution in [1.29, 1.82) is 0 Å². The molecule has 2 aliphatic heterocycles. The zero-order valence-electron chi connectivity index (χ0n) is 7.58. The van der Waals surface area contributed by atoms with Crippen molar-refractivity contribution < 1.29 is 19.8 Å². The van der Waals surface area contributed by atoms with Gasteiger partial charge >= 0.3 is 5.97 Å². The maximum atomic E-state index is 11.5. The van der Waals surface area contributed by atoms with Gasteiger partial charge in [0.2, 0.25) is 5.91 Å². The molecule has 0 spiro atoms. The highest BCUT2D eigenvalue weighted by molar-refractivity contribution is 8.00. The maximum absolute atomic E-state index is 11.5. The monoisotopic (exact) mass is 217 g/mol. The van der Waals surface area contributed by atoms with Crippen molar-refractivity contribution >= 4 is 23.6 Å². The first kappa shape index (κ1) is 9.79. The van der Waals surface area contributed by atoms with Crippen LogP contribution in [0.25, 0.3) is 0 Å². The van der Waals surface area contributed by atoms with E-state index in [9.17, 15) is 14.7 Å². The number of β-lactam (4-membered cyclic amide) rings is 1. The molecule has 5 nitrogen and oxygen atoms in total. The van der Waals surface area contributed by atoms with Gasteiger partial charge in [0.25, 0.3) is 0 Å². The van der Waals surface area contributed by atoms with E-state index in [1.165, 1.54) is 16.7 Å². The van der Waals surface area contributed by atoms with Crippen molar-refractivity contribution in [2.75, 3.05) is 5.75 Å². The van der Waals surface area contributed by atoms with E-state index in [0.717, 1.165) is 0 Å². The molecule has 2 N–H and O–H groups in total. The molecule has 2 heterocycles. The van der Waals surface area contributed by atoms with Crippen LogP contribution in [0, 0.1) is 5.92 Å². The van der Waals surface area contributed by atoms with Gasteiger partial charge in [0.1, 0.15) is 6.04 Å². The Morgan fingerprint density at radius 2 is 2.36 bits per heavy atom. The van der Waals surface area contributed by atoms with E-state index < -0.39 is 24.0 Å². The van der Waals surface area contributed by atoms with Crippen LogP contribution in [0.5, 0.6) is 0 Å². The predicted molar refractivity (Wildman–Crippen MR) is 49.7 cm³/mol. The van der Waals surface area contributed by atoms with Crippen LogP contribution in [0.15, 0.2) is 0 Å². The smallest absolute Gasteiger partial charge is 0.327 e. The van der Waals surface area contributed by atoms with Gasteiger partial charge in [-0.3, -0.25) is 4.79 Å². The number of aliphatic hydroxyl groups is 1. The number of fused-ring (bicyclic) bond motifs is 1. The summed E-state index contributed by atoms with van der Waals surface area (Å²) in [5.74, 6) is -1.18. The van der Waals surface area contributed by atoms with Gasteiger partial charge in [-0.15, -0.1) is 11.8 Å². The second-order valence-corrected chi connectivity index (χ2v) is 4.74. The number of carbonyl (C=O) groups excluding carboxylic acids is 1. The van der Waals surface area contributed by atoms with E-state index >= 15 is 0 Å². The molecule has 4 atom stereocenters. The third-order valence-electron chi connectivity index (χ3n) is 2.69. The number of carboxylic acids is 1. The number of hydrogen-bond acceptors (Lipinski definition) is 4. The Morgan fingerprint density at radius 3 is 2.86 bits per heavy atom. The summed E-state index contributed by atoms with van der Waals surface area (Å²) in [7, 11) is 0. The highest BCUT2D eigenvalue weighted by atomic mass is 32.2. The van der Waals surface area contributed by atoms with Crippen molar-refractivity contribution in [3.05, 3.63) is 0 Å². The van der Waals surface area contributed by atoms with Crippen molar-refractivity contribution in [3.8, 4) is 0 Å². The van der Waals surface area contributed by atoms with Gasteiger partial charge in [-0.25, -0.2) is 4.79 Å². The minimum absolute atomic E-state index is 0.136. The lowest BCUT2D eigenvalue weighted by atomic mass is 9.91. The quantitative estimate of drug-likeness (QED) is 0.601. The molecule has 0 saturated carbocycles. The number of aliphatic hydroxyl groups excluding tert-OH is 1. The lowest BCUT2D eigenvalue weighted by Crippen LogP contribution is -2.64. The number of amides is 1. The third kappa shape index (κ3) is 1.14. The predicted octanol–water partition coefficient (Wildman–Crippen LogP) is -0.648. The zero-order chi connectivity index (χ0) is 10.5. The van der Waals surface area contributed by atoms with Gasteiger partial charge < -0.3 is 15.1 Å². The molecule has 2 aliphatic rings. The van der Waals surface area contributed by atoms with Gasteiger partial charge in [0.15, 0.2) is 0 Å². The van der Waals surface area contributed by atoms with Gasteiger partial charge in [0.05, 0.1) is 17.4 Å². The van der Waals surface area contributed by atoms with Crippen molar-refractivity contribution in [3.63, 3.8) is 0 Å². The van der Waals surface area contributed by atoms with Crippen molar-refractivity contribution in [2.45, 2.75) is 24.4 Å². The van der Waals surface area contributed by atoms with Gasteiger partial charge in [-0.1, -0.05) is 0 Å². The largest absolute Gasteiger partial charge is 0.480 e. The van der Waals surface area contributed by atoms with Crippen LogP contribution in [0.3, 0.4) is 0 Å². The molecular formula is C8H11NO4S. The first-order valence-electron chi connectivity index (χ1n) is 4.38. The standard InChI is InChI=1S/C8H11NO4S/c1-3(10)5-6(11)9-4(8(12)13)2-14-7(5)9/h3-5,7,10H,2H2,1H3,(H,12,13)/t3?,4?,5?,7-/m1/s1. The summed E-state index contributed by atoms with van der Waals surface area (Å²) in [6, 6.07) is -0.701. The van der Waals surface area contributed by atoms with Crippen LogP contribution in [-0.4, -0.2) is 50.3 Å². The fourth-order valence-corrected chi connectivity index (χ4v) is 3.58. The first-order valence-corrected chi connectivity index (χ1v) is 5.43. The summed E-state index contributed by atoms with van der Waals surface area (Å²) in [4.78, 5) is 23.6. The third-order valence-corrected chi connectivity index (χ3v) is 4.06. The van der Waals surface area contributed by atoms with E-state index in [4.69, 9.17) is 5.11 Å². The molecule has 78 valence electrons. The van der Waals surface area contributed by atoms with Crippen LogP contribution in [0.4, 0.5) is 0 Å². The van der Waals surface area contributed by atoms with E-state index in [1.807, 2.05) is 0 Å². The molecule has 2 saturated heterocycles. The van der Waals surface area contributed by atoms with E-state index in [-0.39, 0.29) is 11.3 Å². The number of hydrogen-bond donors (Lipinski definition) is 2. The van der Waals surface area contributed by atoms with E-state index in [2.05, 4.69) is 0 Å². The highest BCUT2D eigenvalue weighted by Gasteiger charge is 2.58. The Bertz CT molecular complexity index is 293. The average molecular weight is 217 g/mol. The second-order valence-electron chi connectivity index (χ2n) is 3.59. The lowest BCUT2D eigenvalue weighted by molar-refractivity contribution is -0.166. The van der Waals surface area contributed by atoms with Gasteiger partial charge in [0, 0.05) is 5.75 Å². The summed E-state index contributed by atoms with van der Waals surface area (Å²) < 4.78 is 0. The fourth-order valence-electron chi connectivity index (χ4n) is 1.93. The first-order chi connectivity index (χ1) is 6.54. The molecule has 0 aliphatic carbocycles. The number of aliphatic carboxylic acids is 1. The Morgan fingerprint density at radius 1 is 1.71 bits per heavy atom. The van der Waals surface area contributed by atoms with Crippen LogP contribution >= 0.6 is 11.8 Å². The lowest BCUT2D eigenvalue weighted by Gasteiger charge is -2.44. The molecule has 0 radical (unpaired) electrons. The molecule has 3 unspecified atom stereocenters. The molecule has 0 aromatic rings. The van der Waals surface area contributed by atoms with Crippen molar-refractivity contribution in [1.82, 2.24) is 4.90 Å². The minimum Gasteiger partial charge on any atom is -0.480 e. The SMILES string of the molecule is CC(O)C1C(=O)N2C(C(=O)O)CS[C@H]12. The van der Waals surface area contributed by atoms with Gasteiger partial charge in [-0.05, 0) is 6.92 Å². The highest BCUT2D eigenvalue weighted by Crippen LogP contribution is 2.44. The summed E-state index contributed by atoms with van der Waals surface area (Å²) in [5.41, 5.74) is 0. The number of nitrogens with zero attached hydrogens (tertiary/aromatic N) is 1. The molecular weight excluding hydrogens is 206 g/mol. The Balaban J connectivity index is 2.13. The second kappa shape index (κ2) is 3.13. The average Bonchev–Trinajstić information content (AvgIpc) is 2.42. The number of thioether (sulfide) groups is 1. The summed E-state index contributed by atoms with van der Waals surface area (Å²) in [6.07, 6.45) is -0.691. The topological polar surface area (TPSA) is 77.8 Å². The Hall–Kier alpha value is -0.750. The van der Waals surface area contributed by atoms with Crippen molar-refractivity contribution in [2.24, 2.45) is 5.92 Å². The molecule has 1 amide bonds. The van der Waals surface area contributed by atoms with Crippen LogP contribution < -0.4 is 0 Å². The molecule has 2 fully saturated rings. The Labute approximate surface area is 85.1 Å². The fraction of sp³-hybridized carbons (Fsp3) is 0.750. The summed E-state index contributed by atoms with van der Waals surface area (Å²) >= 11 is 1.43. The molecule has 0 aromatic carbocycles. The maximum Gasteiger partial charge on any atom is 0.327 e. The summed E-state index contributed by atoms with van der Waals surface area (Å²) in [5, 5.41) is 18.0. The zero-order valence-corrected chi connectivity index (χ0v) is 8.40. The van der Waals surface area contributed by atoms with Crippen LogP contribution in [0.1, 0.15) is 6.92 Å². The number of carbonyl (C=O) groups is 2. The molecule has 14 heavy (non-hydrogen) atoms.